The zero-order valence-corrected chi connectivity index (χ0v) is 12.3. The van der Waals surface area contributed by atoms with E-state index >= 15 is 0 Å². The Morgan fingerprint density at radius 3 is 2.63 bits per heavy atom. The number of nitrogen functional groups attached to an aromatic ring is 1. The van der Waals surface area contributed by atoms with E-state index in [1.807, 2.05) is 0 Å². The van der Waals surface area contributed by atoms with Crippen LogP contribution in [-0.2, 0) is 11.6 Å². The van der Waals surface area contributed by atoms with Crippen LogP contribution in [-0.4, -0.2) is 35.2 Å². The zero-order chi connectivity index (χ0) is 14.2. The molecule has 0 amide bonds. The molecule has 0 aliphatic heterocycles. The predicted molar refractivity (Wildman–Crippen MR) is 76.5 cm³/mol. The molecule has 0 aliphatic rings. The van der Waals surface area contributed by atoms with Crippen LogP contribution in [0.1, 0.15) is 0 Å². The second-order valence-electron chi connectivity index (χ2n) is 4.64. The SMILES string of the molecule is COc1c(-c2cc(P(C)(C)=O)n(C)n2)ccnc1N. The van der Waals surface area contributed by atoms with Gasteiger partial charge in [-0.3, -0.25) is 4.68 Å². The molecule has 0 saturated carbocycles. The number of nitrogens with zero attached hydrogens (tertiary/aromatic N) is 3. The smallest absolute Gasteiger partial charge is 0.170 e. The van der Waals surface area contributed by atoms with Crippen molar-refractivity contribution in [2.45, 2.75) is 0 Å². The number of pyridine rings is 1. The lowest BCUT2D eigenvalue weighted by Gasteiger charge is -2.07. The van der Waals surface area contributed by atoms with Gasteiger partial charge in [0.2, 0.25) is 0 Å². The Bertz CT molecular complexity index is 660. The summed E-state index contributed by atoms with van der Waals surface area (Å²) < 4.78 is 19.1. The summed E-state index contributed by atoms with van der Waals surface area (Å²) in [5.74, 6) is 0.789. The average molecular weight is 280 g/mol. The van der Waals surface area contributed by atoms with Gasteiger partial charge in [0, 0.05) is 18.8 Å². The lowest BCUT2D eigenvalue weighted by Crippen LogP contribution is -2.13. The highest BCUT2D eigenvalue weighted by Crippen LogP contribution is 2.37. The molecule has 102 valence electrons. The first-order valence-electron chi connectivity index (χ1n) is 5.73. The number of aryl methyl sites for hydroxylation is 1. The maximum Gasteiger partial charge on any atom is 0.170 e. The van der Waals surface area contributed by atoms with Gasteiger partial charge in [-0.15, -0.1) is 0 Å². The van der Waals surface area contributed by atoms with Crippen LogP contribution >= 0.6 is 7.14 Å². The van der Waals surface area contributed by atoms with Crippen LogP contribution in [0.5, 0.6) is 5.75 Å². The Labute approximate surface area is 112 Å². The largest absolute Gasteiger partial charge is 0.492 e. The van der Waals surface area contributed by atoms with Crippen molar-refractivity contribution in [2.24, 2.45) is 7.05 Å². The van der Waals surface area contributed by atoms with Crippen molar-refractivity contribution in [3.05, 3.63) is 18.3 Å². The molecule has 6 nitrogen and oxygen atoms in total. The predicted octanol–water partition coefficient (Wildman–Crippen LogP) is 1.32. The quantitative estimate of drug-likeness (QED) is 0.857. The van der Waals surface area contributed by atoms with E-state index in [2.05, 4.69) is 10.1 Å². The van der Waals surface area contributed by atoms with Gasteiger partial charge >= 0.3 is 0 Å². The van der Waals surface area contributed by atoms with Crippen molar-refractivity contribution in [1.29, 1.82) is 0 Å². The van der Waals surface area contributed by atoms with Gasteiger partial charge < -0.3 is 15.0 Å². The van der Waals surface area contributed by atoms with Crippen LogP contribution < -0.4 is 15.9 Å². The summed E-state index contributed by atoms with van der Waals surface area (Å²) in [6.07, 6.45) is 1.60. The molecule has 0 unspecified atom stereocenters. The number of hydrogen-bond acceptors (Lipinski definition) is 5. The van der Waals surface area contributed by atoms with Crippen LogP contribution in [0.4, 0.5) is 5.82 Å². The summed E-state index contributed by atoms with van der Waals surface area (Å²) in [7, 11) is 0.928. The molecule has 19 heavy (non-hydrogen) atoms. The van der Waals surface area contributed by atoms with Crippen molar-refractivity contribution in [1.82, 2.24) is 14.8 Å². The molecule has 0 aliphatic carbocycles. The summed E-state index contributed by atoms with van der Waals surface area (Å²) in [6, 6.07) is 3.58. The number of aromatic nitrogens is 3. The first-order chi connectivity index (χ1) is 8.84. The number of anilines is 1. The number of hydrogen-bond donors (Lipinski definition) is 1. The van der Waals surface area contributed by atoms with Crippen molar-refractivity contribution >= 4 is 18.4 Å². The number of methoxy groups -OCH3 is 1. The molecule has 0 aromatic carbocycles. The van der Waals surface area contributed by atoms with E-state index in [-0.39, 0.29) is 0 Å². The molecule has 2 aromatic heterocycles. The van der Waals surface area contributed by atoms with Crippen molar-refractivity contribution in [3.63, 3.8) is 0 Å². The lowest BCUT2D eigenvalue weighted by atomic mass is 10.2. The minimum absolute atomic E-state index is 0.309. The fraction of sp³-hybridized carbons (Fsp3) is 0.333. The molecule has 0 saturated heterocycles. The molecule has 2 aromatic rings. The first-order valence-corrected chi connectivity index (χ1v) is 8.33. The monoisotopic (exact) mass is 280 g/mol. The van der Waals surface area contributed by atoms with Gasteiger partial charge in [0.25, 0.3) is 0 Å². The van der Waals surface area contributed by atoms with Crippen molar-refractivity contribution in [3.8, 4) is 17.0 Å². The maximum atomic E-state index is 12.2. The van der Waals surface area contributed by atoms with Gasteiger partial charge in [0.05, 0.1) is 18.2 Å². The van der Waals surface area contributed by atoms with E-state index in [0.717, 1.165) is 5.56 Å². The van der Waals surface area contributed by atoms with Crippen LogP contribution in [0.2, 0.25) is 0 Å². The highest BCUT2D eigenvalue weighted by Gasteiger charge is 2.20. The van der Waals surface area contributed by atoms with Crippen LogP contribution in [0.3, 0.4) is 0 Å². The van der Waals surface area contributed by atoms with E-state index in [1.54, 1.807) is 43.4 Å². The molecule has 7 heteroatoms. The Hall–Kier alpha value is -1.81. The third-order valence-electron chi connectivity index (χ3n) is 2.82. The van der Waals surface area contributed by atoms with Gasteiger partial charge in [-0.05, 0) is 25.5 Å². The second kappa shape index (κ2) is 4.70. The highest BCUT2D eigenvalue weighted by molar-refractivity contribution is 7.69. The van der Waals surface area contributed by atoms with Crippen LogP contribution in [0, 0.1) is 0 Å². The molecule has 0 atom stereocenters. The highest BCUT2D eigenvalue weighted by atomic mass is 31.2. The molecular formula is C12H17N4O2P. The molecule has 2 rings (SSSR count). The maximum absolute atomic E-state index is 12.2. The van der Waals surface area contributed by atoms with E-state index in [0.29, 0.717) is 22.7 Å². The number of rotatable bonds is 3. The second-order valence-corrected chi connectivity index (χ2v) is 7.80. The summed E-state index contributed by atoms with van der Waals surface area (Å²) in [5.41, 5.74) is 7.90. The Morgan fingerprint density at radius 1 is 1.42 bits per heavy atom. The minimum Gasteiger partial charge on any atom is -0.492 e. The molecule has 0 fully saturated rings. The molecule has 0 spiro atoms. The molecule has 0 bridgehead atoms. The summed E-state index contributed by atoms with van der Waals surface area (Å²) in [5, 5.41) is 4.38. The molecule has 2 N–H and O–H groups in total. The van der Waals surface area contributed by atoms with Crippen LogP contribution in [0.25, 0.3) is 11.3 Å². The average Bonchev–Trinajstić information content (AvgIpc) is 2.70. The minimum atomic E-state index is -2.38. The van der Waals surface area contributed by atoms with Gasteiger partial charge in [0.1, 0.15) is 7.14 Å². The van der Waals surface area contributed by atoms with Gasteiger partial charge in [-0.1, -0.05) is 0 Å². The van der Waals surface area contributed by atoms with Crippen molar-refractivity contribution in [2.75, 3.05) is 26.2 Å². The van der Waals surface area contributed by atoms with E-state index in [9.17, 15) is 4.57 Å². The summed E-state index contributed by atoms with van der Waals surface area (Å²) in [6.45, 7) is 3.43. The van der Waals surface area contributed by atoms with Crippen molar-refractivity contribution < 1.29 is 9.30 Å². The van der Waals surface area contributed by atoms with Gasteiger partial charge in [-0.25, -0.2) is 4.98 Å². The number of nitrogens with two attached hydrogens (primary N) is 1. The Balaban J connectivity index is 2.61. The third kappa shape index (κ3) is 2.49. The topological polar surface area (TPSA) is 83.0 Å². The molecule has 2 heterocycles. The van der Waals surface area contributed by atoms with Gasteiger partial charge in [0.15, 0.2) is 11.6 Å². The van der Waals surface area contributed by atoms with E-state index in [4.69, 9.17) is 10.5 Å². The summed E-state index contributed by atoms with van der Waals surface area (Å²) >= 11 is 0. The normalized spacial score (nSPS) is 11.6. The van der Waals surface area contributed by atoms with Crippen LogP contribution in [0.15, 0.2) is 18.3 Å². The zero-order valence-electron chi connectivity index (χ0n) is 11.4. The standard InChI is InChI=1S/C12H17N4O2P/c1-16-10(19(3,4)17)7-9(15-16)8-5-6-14-12(13)11(8)18-2/h5-7H,1-4H3,(H2,13,14). The van der Waals surface area contributed by atoms with E-state index in [1.165, 1.54) is 7.11 Å². The molecule has 0 radical (unpaired) electrons. The first kappa shape index (κ1) is 13.6. The Morgan fingerprint density at radius 2 is 2.11 bits per heavy atom. The third-order valence-corrected chi connectivity index (χ3v) is 4.34. The van der Waals surface area contributed by atoms with Gasteiger partial charge in [-0.2, -0.15) is 5.10 Å². The van der Waals surface area contributed by atoms with E-state index < -0.39 is 7.14 Å². The fourth-order valence-corrected chi connectivity index (χ4v) is 3.15. The molecular weight excluding hydrogens is 263 g/mol. The Kier molecular flexibility index (Phi) is 3.37. The number of ether oxygens (including phenoxy) is 1. The summed E-state index contributed by atoms with van der Waals surface area (Å²) in [4.78, 5) is 3.98. The lowest BCUT2D eigenvalue weighted by molar-refractivity contribution is 0.417. The fourth-order valence-electron chi connectivity index (χ4n) is 1.97.